The number of carbonyl (C=O) groups excluding carboxylic acids is 1. The Labute approximate surface area is 134 Å². The van der Waals surface area contributed by atoms with Crippen LogP contribution < -0.4 is 0 Å². The number of halogens is 4. The van der Waals surface area contributed by atoms with E-state index in [0.717, 1.165) is 17.7 Å². The molecule has 3 rings (SSSR count). The molecule has 1 N–H and O–H groups in total. The van der Waals surface area contributed by atoms with Crippen LogP contribution in [0.25, 0.3) is 22.2 Å². The van der Waals surface area contributed by atoms with E-state index in [9.17, 15) is 18.0 Å². The van der Waals surface area contributed by atoms with Gasteiger partial charge in [0.15, 0.2) is 6.29 Å². The number of benzene rings is 2. The largest absolute Gasteiger partial charge is 0.416 e. The van der Waals surface area contributed by atoms with E-state index in [0.29, 0.717) is 39.0 Å². The molecule has 0 saturated carbocycles. The Morgan fingerprint density at radius 2 is 1.74 bits per heavy atom. The fraction of sp³-hybridized carbons (Fsp3) is 0.118. The Kier molecular flexibility index (Phi) is 3.68. The molecule has 6 heteroatoms. The topological polar surface area (TPSA) is 32.9 Å². The van der Waals surface area contributed by atoms with Crippen molar-refractivity contribution in [1.82, 2.24) is 4.98 Å². The van der Waals surface area contributed by atoms with Gasteiger partial charge in [-0.1, -0.05) is 29.8 Å². The zero-order valence-electron chi connectivity index (χ0n) is 12.0. The predicted molar refractivity (Wildman–Crippen MR) is 83.9 cm³/mol. The molecule has 0 radical (unpaired) electrons. The molecule has 0 unspecified atom stereocenters. The number of aldehydes is 1. The molecular weight excluding hydrogens is 327 g/mol. The van der Waals surface area contributed by atoms with Crippen LogP contribution in [0.2, 0.25) is 5.02 Å². The van der Waals surface area contributed by atoms with Gasteiger partial charge in [-0.15, -0.1) is 0 Å². The Hall–Kier alpha value is -2.27. The molecule has 0 saturated heterocycles. The van der Waals surface area contributed by atoms with E-state index >= 15 is 0 Å². The average molecular weight is 338 g/mol. The Morgan fingerprint density at radius 3 is 2.30 bits per heavy atom. The lowest BCUT2D eigenvalue weighted by atomic mass is 10.0. The van der Waals surface area contributed by atoms with Gasteiger partial charge in [-0.25, -0.2) is 0 Å². The monoisotopic (exact) mass is 337 g/mol. The van der Waals surface area contributed by atoms with Gasteiger partial charge in [0.1, 0.15) is 0 Å². The highest BCUT2D eigenvalue weighted by Crippen LogP contribution is 2.36. The first kappa shape index (κ1) is 15.6. The van der Waals surface area contributed by atoms with E-state index in [4.69, 9.17) is 11.6 Å². The number of aromatic amines is 1. The van der Waals surface area contributed by atoms with Gasteiger partial charge in [-0.3, -0.25) is 4.79 Å². The van der Waals surface area contributed by atoms with Crippen molar-refractivity contribution in [2.45, 2.75) is 13.1 Å². The summed E-state index contributed by atoms with van der Waals surface area (Å²) in [6, 6.07) is 8.16. The molecule has 3 aromatic rings. The summed E-state index contributed by atoms with van der Waals surface area (Å²) in [6.45, 7) is 1.86. The molecule has 2 aromatic carbocycles. The van der Waals surface area contributed by atoms with E-state index < -0.39 is 11.7 Å². The Morgan fingerprint density at radius 1 is 1.09 bits per heavy atom. The van der Waals surface area contributed by atoms with Gasteiger partial charge < -0.3 is 4.98 Å². The van der Waals surface area contributed by atoms with E-state index in [1.54, 1.807) is 6.07 Å². The molecule has 0 amide bonds. The summed E-state index contributed by atoms with van der Waals surface area (Å²) >= 11 is 6.17. The van der Waals surface area contributed by atoms with Gasteiger partial charge in [-0.2, -0.15) is 13.2 Å². The number of hydrogen-bond acceptors (Lipinski definition) is 1. The van der Waals surface area contributed by atoms with Gasteiger partial charge in [-0.05, 0) is 36.2 Å². The van der Waals surface area contributed by atoms with Crippen molar-refractivity contribution in [2.24, 2.45) is 0 Å². The highest BCUT2D eigenvalue weighted by Gasteiger charge is 2.30. The number of carbonyl (C=O) groups is 1. The van der Waals surface area contributed by atoms with Crippen LogP contribution in [0.5, 0.6) is 0 Å². The molecule has 0 fully saturated rings. The third kappa shape index (κ3) is 2.61. The lowest BCUT2D eigenvalue weighted by molar-refractivity contribution is -0.137. The number of hydrogen-bond donors (Lipinski definition) is 1. The second kappa shape index (κ2) is 5.42. The molecule has 1 heterocycles. The maximum atomic E-state index is 12.7. The molecule has 2 nitrogen and oxygen atoms in total. The number of H-pyrrole nitrogens is 1. The minimum atomic E-state index is -4.40. The third-order valence-corrected chi connectivity index (χ3v) is 4.09. The second-order valence-corrected chi connectivity index (χ2v) is 5.63. The summed E-state index contributed by atoms with van der Waals surface area (Å²) in [5, 5.41) is 0.999. The maximum Gasteiger partial charge on any atom is 0.416 e. The van der Waals surface area contributed by atoms with Crippen LogP contribution >= 0.6 is 11.6 Å². The van der Waals surface area contributed by atoms with Crippen LogP contribution in [-0.2, 0) is 6.18 Å². The number of nitrogens with one attached hydrogen (secondary N) is 1. The summed E-state index contributed by atoms with van der Waals surface area (Å²) < 4.78 is 38.0. The number of aryl methyl sites for hydroxylation is 1. The molecule has 118 valence electrons. The van der Waals surface area contributed by atoms with Crippen LogP contribution in [0.1, 0.15) is 21.5 Å². The Balaban J connectivity index is 2.22. The lowest BCUT2D eigenvalue weighted by Crippen LogP contribution is -2.04. The molecule has 0 aliphatic heterocycles. The van der Waals surface area contributed by atoms with Crippen LogP contribution in [0.4, 0.5) is 13.2 Å². The zero-order chi connectivity index (χ0) is 16.8. The summed E-state index contributed by atoms with van der Waals surface area (Å²) in [6.07, 6.45) is -3.73. The summed E-state index contributed by atoms with van der Waals surface area (Å²) in [5.74, 6) is 0. The normalized spacial score (nSPS) is 11.9. The van der Waals surface area contributed by atoms with Crippen molar-refractivity contribution in [1.29, 1.82) is 0 Å². The molecule has 0 spiro atoms. The quantitative estimate of drug-likeness (QED) is 0.604. The average Bonchev–Trinajstić information content (AvgIpc) is 2.91. The van der Waals surface area contributed by atoms with E-state index in [1.807, 2.05) is 13.0 Å². The molecule has 0 bridgehead atoms. The molecule has 0 atom stereocenters. The highest BCUT2D eigenvalue weighted by molar-refractivity contribution is 6.37. The second-order valence-electron chi connectivity index (χ2n) is 5.22. The van der Waals surface area contributed by atoms with Crippen LogP contribution in [0.15, 0.2) is 36.4 Å². The van der Waals surface area contributed by atoms with E-state index in [1.165, 1.54) is 12.1 Å². The molecule has 0 aliphatic rings. The van der Waals surface area contributed by atoms with Crippen molar-refractivity contribution in [3.8, 4) is 11.3 Å². The first-order valence-electron chi connectivity index (χ1n) is 6.76. The van der Waals surface area contributed by atoms with Gasteiger partial charge in [0.25, 0.3) is 0 Å². The predicted octanol–water partition coefficient (Wildman–Crippen LogP) is 5.63. The third-order valence-electron chi connectivity index (χ3n) is 3.77. The first-order valence-corrected chi connectivity index (χ1v) is 7.14. The van der Waals surface area contributed by atoms with Crippen molar-refractivity contribution >= 4 is 28.8 Å². The standard InChI is InChI=1S/C17H11ClF3NO/c1-9-2-7-13(18)14-12(8-23)16(22-15(9)14)10-3-5-11(6-4-10)17(19,20)21/h2-8,22H,1H3. The maximum absolute atomic E-state index is 12.7. The number of fused-ring (bicyclic) bond motifs is 1. The van der Waals surface area contributed by atoms with Crippen molar-refractivity contribution in [3.05, 3.63) is 58.1 Å². The van der Waals surface area contributed by atoms with Crippen LogP contribution in [0, 0.1) is 6.92 Å². The minimum Gasteiger partial charge on any atom is -0.354 e. The van der Waals surface area contributed by atoms with Gasteiger partial charge in [0, 0.05) is 10.9 Å². The van der Waals surface area contributed by atoms with E-state index in [2.05, 4.69) is 4.98 Å². The van der Waals surface area contributed by atoms with Crippen LogP contribution in [-0.4, -0.2) is 11.3 Å². The summed E-state index contributed by atoms with van der Waals surface area (Å²) in [7, 11) is 0. The van der Waals surface area contributed by atoms with Crippen molar-refractivity contribution < 1.29 is 18.0 Å². The zero-order valence-corrected chi connectivity index (χ0v) is 12.7. The molecule has 1 aromatic heterocycles. The first-order chi connectivity index (χ1) is 10.8. The summed E-state index contributed by atoms with van der Waals surface area (Å²) in [5.41, 5.74) is 2.15. The lowest BCUT2D eigenvalue weighted by Gasteiger charge is -2.07. The Bertz CT molecular complexity index is 895. The molecule has 0 aliphatic carbocycles. The van der Waals surface area contributed by atoms with Gasteiger partial charge in [0.2, 0.25) is 0 Å². The van der Waals surface area contributed by atoms with Crippen LogP contribution in [0.3, 0.4) is 0 Å². The SMILES string of the molecule is Cc1ccc(Cl)c2c(C=O)c(-c3ccc(C(F)(F)F)cc3)[nH]c12. The molecule has 23 heavy (non-hydrogen) atoms. The fourth-order valence-corrected chi connectivity index (χ4v) is 2.85. The van der Waals surface area contributed by atoms with E-state index in [-0.39, 0.29) is 0 Å². The minimum absolute atomic E-state index is 0.341. The fourth-order valence-electron chi connectivity index (χ4n) is 2.59. The molecular formula is C17H11ClF3NO. The number of rotatable bonds is 2. The smallest absolute Gasteiger partial charge is 0.354 e. The highest BCUT2D eigenvalue weighted by atomic mass is 35.5. The number of alkyl halides is 3. The number of aromatic nitrogens is 1. The summed E-state index contributed by atoms with van der Waals surface area (Å²) in [4.78, 5) is 14.6. The van der Waals surface area contributed by atoms with Gasteiger partial charge in [0.05, 0.1) is 21.8 Å². The van der Waals surface area contributed by atoms with Gasteiger partial charge >= 0.3 is 6.18 Å². The van der Waals surface area contributed by atoms with Crippen molar-refractivity contribution in [3.63, 3.8) is 0 Å². The van der Waals surface area contributed by atoms with Crippen molar-refractivity contribution in [2.75, 3.05) is 0 Å².